The highest BCUT2D eigenvalue weighted by atomic mass is 16.5. The fourth-order valence-corrected chi connectivity index (χ4v) is 2.06. The zero-order valence-electron chi connectivity index (χ0n) is 16.0. The van der Waals surface area contributed by atoms with E-state index in [4.69, 9.17) is 10.5 Å². The maximum atomic E-state index is 11.4. The molecule has 0 spiro atoms. The lowest BCUT2D eigenvalue weighted by Gasteiger charge is -2.09. The Kier molecular flexibility index (Phi) is 10.7. The van der Waals surface area contributed by atoms with Crippen LogP contribution in [0.15, 0.2) is 48.8 Å². The number of carbonyl (C=O) groups excluding carboxylic acids is 3. The zero-order valence-corrected chi connectivity index (χ0v) is 16.0. The molecule has 2 aromatic rings. The van der Waals surface area contributed by atoms with Gasteiger partial charge in [0.2, 0.25) is 0 Å². The molecule has 28 heavy (non-hydrogen) atoms. The smallest absolute Gasteiger partial charge is 0.313 e. The topological polar surface area (TPSA) is 121 Å². The first-order valence-corrected chi connectivity index (χ1v) is 8.89. The van der Waals surface area contributed by atoms with Gasteiger partial charge in [0.25, 0.3) is 0 Å². The van der Waals surface area contributed by atoms with E-state index in [0.717, 1.165) is 0 Å². The van der Waals surface area contributed by atoms with Crippen molar-refractivity contribution in [2.45, 2.75) is 32.7 Å². The molecule has 8 heteroatoms. The third-order valence-corrected chi connectivity index (χ3v) is 3.32. The maximum absolute atomic E-state index is 11.4. The first-order valence-electron chi connectivity index (χ1n) is 8.89. The first kappa shape index (κ1) is 22.9. The van der Waals surface area contributed by atoms with Crippen LogP contribution < -0.4 is 5.73 Å². The summed E-state index contributed by atoms with van der Waals surface area (Å²) >= 11 is 0. The summed E-state index contributed by atoms with van der Waals surface area (Å²) in [7, 11) is 0. The molecule has 0 aromatic carbocycles. The summed E-state index contributed by atoms with van der Waals surface area (Å²) in [6.07, 6.45) is 3.09. The highest BCUT2D eigenvalue weighted by Gasteiger charge is 2.13. The van der Waals surface area contributed by atoms with Crippen molar-refractivity contribution in [1.29, 1.82) is 0 Å². The summed E-state index contributed by atoms with van der Waals surface area (Å²) in [4.78, 5) is 41.3. The third kappa shape index (κ3) is 9.00. The van der Waals surface area contributed by atoms with Crippen LogP contribution >= 0.6 is 0 Å². The van der Waals surface area contributed by atoms with E-state index in [1.807, 2.05) is 6.07 Å². The molecule has 2 aromatic heterocycles. The van der Waals surface area contributed by atoms with Crippen LogP contribution in [0.1, 0.15) is 48.9 Å². The van der Waals surface area contributed by atoms with Crippen molar-refractivity contribution in [1.82, 2.24) is 9.97 Å². The van der Waals surface area contributed by atoms with E-state index < -0.39 is 5.97 Å². The molecule has 0 radical (unpaired) electrons. The van der Waals surface area contributed by atoms with Crippen LogP contribution in [0.4, 0.5) is 0 Å². The number of hydrogen-bond acceptors (Lipinski definition) is 8. The molecular formula is C20H25N3O5. The van der Waals surface area contributed by atoms with Gasteiger partial charge in [0, 0.05) is 12.4 Å². The molecule has 0 unspecified atom stereocenters. The van der Waals surface area contributed by atoms with Crippen molar-refractivity contribution < 1.29 is 23.9 Å². The summed E-state index contributed by atoms with van der Waals surface area (Å²) in [6.45, 7) is 4.13. The van der Waals surface area contributed by atoms with Crippen LogP contribution in [0, 0.1) is 0 Å². The predicted molar refractivity (Wildman–Crippen MR) is 102 cm³/mol. The van der Waals surface area contributed by atoms with Gasteiger partial charge in [-0.1, -0.05) is 12.1 Å². The van der Waals surface area contributed by atoms with E-state index in [0.29, 0.717) is 18.0 Å². The van der Waals surface area contributed by atoms with Crippen molar-refractivity contribution in [3.05, 3.63) is 60.2 Å². The van der Waals surface area contributed by atoms with E-state index in [1.165, 1.54) is 6.20 Å². The molecule has 0 aliphatic carbocycles. The lowest BCUT2D eigenvalue weighted by Crippen LogP contribution is -2.18. The highest BCUT2D eigenvalue weighted by molar-refractivity contribution is 6.04. The second-order valence-electron chi connectivity index (χ2n) is 5.49. The molecule has 0 saturated heterocycles. The number of pyridine rings is 2. The quantitative estimate of drug-likeness (QED) is 0.416. The average molecular weight is 387 g/mol. The Morgan fingerprint density at radius 2 is 1.54 bits per heavy atom. The normalized spacial score (nSPS) is 10.8. The molecular weight excluding hydrogens is 362 g/mol. The average Bonchev–Trinajstić information content (AvgIpc) is 2.70. The summed E-state index contributed by atoms with van der Waals surface area (Å²) in [6, 6.07) is 10.0. The van der Waals surface area contributed by atoms with Gasteiger partial charge in [-0.15, -0.1) is 0 Å². The number of hydrogen-bond donors (Lipinski definition) is 1. The maximum Gasteiger partial charge on any atom is 0.313 e. The van der Waals surface area contributed by atoms with Crippen LogP contribution in [0.25, 0.3) is 0 Å². The monoisotopic (exact) mass is 387 g/mol. The van der Waals surface area contributed by atoms with Gasteiger partial charge in [-0.3, -0.25) is 24.4 Å². The number of nitrogens with zero attached hydrogens (tertiary/aromatic N) is 2. The molecule has 8 nitrogen and oxygen atoms in total. The van der Waals surface area contributed by atoms with Crippen LogP contribution in [0.2, 0.25) is 0 Å². The van der Waals surface area contributed by atoms with Gasteiger partial charge >= 0.3 is 11.9 Å². The second kappa shape index (κ2) is 13.1. The Balaban J connectivity index is 0.000000280. The molecule has 2 N–H and O–H groups in total. The fraction of sp³-hybridized carbons (Fsp3) is 0.350. The lowest BCUT2D eigenvalue weighted by molar-refractivity contribution is -0.144. The van der Waals surface area contributed by atoms with Crippen molar-refractivity contribution in [3.8, 4) is 0 Å². The second-order valence-corrected chi connectivity index (χ2v) is 5.49. The van der Waals surface area contributed by atoms with E-state index in [9.17, 15) is 14.4 Å². The van der Waals surface area contributed by atoms with Gasteiger partial charge < -0.3 is 15.2 Å². The van der Waals surface area contributed by atoms with Gasteiger partial charge in [-0.05, 0) is 38.1 Å². The number of aromatic nitrogens is 2. The standard InChI is InChI=1S/C10H14N2O2.C10H11NO3/c1-2-14-10(13)7-8(11)9-5-3-4-6-12-9;1-2-14-10(13)7-9(12)8-5-3-4-6-11-8/h3-6,8H,2,7,11H2,1H3;3-6H,2,7H2,1H3/t8-;/m1./s1. The minimum atomic E-state index is -0.511. The van der Waals surface area contributed by atoms with Gasteiger partial charge in [-0.2, -0.15) is 0 Å². The molecule has 0 bridgehead atoms. The van der Waals surface area contributed by atoms with Crippen molar-refractivity contribution in [2.24, 2.45) is 5.73 Å². The van der Waals surface area contributed by atoms with Gasteiger partial charge in [-0.25, -0.2) is 0 Å². The highest BCUT2D eigenvalue weighted by Crippen LogP contribution is 2.10. The predicted octanol–water partition coefficient (Wildman–Crippen LogP) is 2.25. The Labute approximate surface area is 164 Å². The van der Waals surface area contributed by atoms with E-state index in [1.54, 1.807) is 50.4 Å². The fourth-order valence-electron chi connectivity index (χ4n) is 2.06. The van der Waals surface area contributed by atoms with Gasteiger partial charge in [0.1, 0.15) is 12.1 Å². The van der Waals surface area contributed by atoms with Crippen LogP contribution in [-0.4, -0.2) is 40.9 Å². The third-order valence-electron chi connectivity index (χ3n) is 3.32. The van der Waals surface area contributed by atoms with Crippen LogP contribution in [-0.2, 0) is 19.1 Å². The minimum Gasteiger partial charge on any atom is -0.466 e. The Morgan fingerprint density at radius 3 is 2.07 bits per heavy atom. The number of ether oxygens (including phenoxy) is 2. The Hall–Kier alpha value is -3.13. The summed E-state index contributed by atoms with van der Waals surface area (Å²) in [5.74, 6) is -1.11. The van der Waals surface area contributed by atoms with E-state index in [-0.39, 0.29) is 37.2 Å². The number of rotatable bonds is 8. The molecule has 0 fully saturated rings. The van der Waals surface area contributed by atoms with Crippen molar-refractivity contribution in [3.63, 3.8) is 0 Å². The van der Waals surface area contributed by atoms with Crippen molar-refractivity contribution in [2.75, 3.05) is 13.2 Å². The number of esters is 2. The largest absolute Gasteiger partial charge is 0.466 e. The van der Waals surface area contributed by atoms with E-state index in [2.05, 4.69) is 14.7 Å². The van der Waals surface area contributed by atoms with Crippen LogP contribution in [0.5, 0.6) is 0 Å². The number of Topliss-reactive ketones (excluding diaryl/α,β-unsaturated/α-hetero) is 1. The lowest BCUT2D eigenvalue weighted by atomic mass is 10.1. The van der Waals surface area contributed by atoms with Crippen LogP contribution in [0.3, 0.4) is 0 Å². The Morgan fingerprint density at radius 1 is 0.929 bits per heavy atom. The van der Waals surface area contributed by atoms with Crippen molar-refractivity contribution >= 4 is 17.7 Å². The molecule has 1 atom stereocenters. The molecule has 0 aliphatic rings. The summed E-state index contributed by atoms with van der Waals surface area (Å²) in [5, 5.41) is 0. The summed E-state index contributed by atoms with van der Waals surface area (Å²) in [5.41, 5.74) is 6.76. The molecule has 2 heterocycles. The molecule has 150 valence electrons. The number of ketones is 1. The van der Waals surface area contributed by atoms with Gasteiger partial charge in [0.15, 0.2) is 5.78 Å². The van der Waals surface area contributed by atoms with Gasteiger partial charge in [0.05, 0.1) is 31.4 Å². The summed E-state index contributed by atoms with van der Waals surface area (Å²) < 4.78 is 9.43. The molecule has 0 saturated carbocycles. The molecule has 2 rings (SSSR count). The Bertz CT molecular complexity index is 738. The number of carbonyl (C=O) groups is 3. The zero-order chi connectivity index (χ0) is 20.8. The first-order chi connectivity index (χ1) is 13.5. The number of nitrogens with two attached hydrogens (primary N) is 1. The van der Waals surface area contributed by atoms with E-state index >= 15 is 0 Å². The SMILES string of the molecule is CCOC(=O)CC(=O)c1ccccn1.CCOC(=O)C[C@@H](N)c1ccccn1. The molecule has 0 amide bonds. The minimum absolute atomic E-state index is 0.171. The molecule has 0 aliphatic heterocycles.